The highest BCUT2D eigenvalue weighted by atomic mass is 35.5. The van der Waals surface area contributed by atoms with Gasteiger partial charge in [0.15, 0.2) is 16.3 Å². The van der Waals surface area contributed by atoms with E-state index in [0.29, 0.717) is 47.7 Å². The molecule has 1 aliphatic rings. The monoisotopic (exact) mass is 626 g/mol. The second-order valence-electron chi connectivity index (χ2n) is 9.30. The Balaban J connectivity index is 1.52. The van der Waals surface area contributed by atoms with E-state index in [0.717, 1.165) is 5.56 Å². The summed E-state index contributed by atoms with van der Waals surface area (Å²) in [7, 11) is 1.53. The topological polar surface area (TPSA) is 79.1 Å². The number of methoxy groups -OCH3 is 1. The summed E-state index contributed by atoms with van der Waals surface area (Å²) in [6.45, 7) is 3.80. The molecule has 4 aromatic rings. The van der Waals surface area contributed by atoms with Crippen molar-refractivity contribution in [3.05, 3.63) is 124 Å². The zero-order valence-corrected chi connectivity index (χ0v) is 25.1. The molecule has 1 aliphatic heterocycles. The summed E-state index contributed by atoms with van der Waals surface area (Å²) in [6, 6.07) is 15.4. The third kappa shape index (κ3) is 5.99. The number of fused-ring (bicyclic) bond motifs is 1. The van der Waals surface area contributed by atoms with Crippen molar-refractivity contribution in [3.63, 3.8) is 0 Å². The third-order valence-corrected chi connectivity index (χ3v) is 8.29. The number of benzene rings is 3. The second kappa shape index (κ2) is 12.5. The van der Waals surface area contributed by atoms with Gasteiger partial charge in [0.1, 0.15) is 12.4 Å². The van der Waals surface area contributed by atoms with Crippen LogP contribution in [-0.2, 0) is 16.1 Å². The van der Waals surface area contributed by atoms with E-state index in [1.807, 2.05) is 6.07 Å². The third-order valence-electron chi connectivity index (χ3n) is 6.57. The molecule has 0 bridgehead atoms. The quantitative estimate of drug-likeness (QED) is 0.230. The minimum absolute atomic E-state index is 0.158. The summed E-state index contributed by atoms with van der Waals surface area (Å²) < 4.78 is 32.4. The molecule has 0 radical (unpaired) electrons. The molecule has 42 heavy (non-hydrogen) atoms. The number of carbonyl (C=O) groups excluding carboxylic acids is 1. The van der Waals surface area contributed by atoms with Crippen LogP contribution in [0.2, 0.25) is 10.0 Å². The number of allylic oxidation sites excluding steroid dienone is 1. The maximum absolute atomic E-state index is 13.8. The van der Waals surface area contributed by atoms with Crippen LogP contribution in [0.3, 0.4) is 0 Å². The van der Waals surface area contributed by atoms with Crippen LogP contribution in [0.15, 0.2) is 81.7 Å². The van der Waals surface area contributed by atoms with Crippen LogP contribution < -0.4 is 24.4 Å². The molecule has 1 aromatic heterocycles. The van der Waals surface area contributed by atoms with Gasteiger partial charge in [0, 0.05) is 0 Å². The molecule has 0 saturated heterocycles. The Labute approximate surface area is 254 Å². The normalized spacial score (nSPS) is 14.8. The van der Waals surface area contributed by atoms with Crippen molar-refractivity contribution in [3.8, 4) is 11.5 Å². The molecule has 0 amide bonds. The van der Waals surface area contributed by atoms with Gasteiger partial charge in [-0.3, -0.25) is 9.36 Å². The van der Waals surface area contributed by atoms with Crippen LogP contribution in [0, 0.1) is 5.82 Å². The number of hydrogen-bond acceptors (Lipinski definition) is 7. The summed E-state index contributed by atoms with van der Waals surface area (Å²) in [5.41, 5.74) is 2.41. The highest BCUT2D eigenvalue weighted by Gasteiger charge is 2.33. The minimum atomic E-state index is -0.824. The number of hydrogen-bond donors (Lipinski definition) is 0. The minimum Gasteiger partial charge on any atom is -0.493 e. The number of esters is 1. The molecule has 0 aliphatic carbocycles. The van der Waals surface area contributed by atoms with Crippen LogP contribution in [0.5, 0.6) is 11.5 Å². The van der Waals surface area contributed by atoms with Crippen molar-refractivity contribution in [2.24, 2.45) is 4.99 Å². The van der Waals surface area contributed by atoms with Crippen LogP contribution in [0.1, 0.15) is 36.6 Å². The molecule has 0 fully saturated rings. The van der Waals surface area contributed by atoms with Gasteiger partial charge in [-0.05, 0) is 73.0 Å². The molecule has 11 heteroatoms. The average Bonchev–Trinajstić information content (AvgIpc) is 3.27. The van der Waals surface area contributed by atoms with Crippen molar-refractivity contribution in [1.29, 1.82) is 0 Å². The first kappa shape index (κ1) is 29.6. The molecule has 5 rings (SSSR count). The zero-order chi connectivity index (χ0) is 30.0. The van der Waals surface area contributed by atoms with Crippen molar-refractivity contribution in [2.45, 2.75) is 26.5 Å². The van der Waals surface area contributed by atoms with Gasteiger partial charge in [-0.2, -0.15) is 0 Å². The first-order valence-electron chi connectivity index (χ1n) is 12.9. The highest BCUT2D eigenvalue weighted by Crippen LogP contribution is 2.32. The highest BCUT2D eigenvalue weighted by molar-refractivity contribution is 7.07. The molecule has 216 valence electrons. The number of halogens is 3. The van der Waals surface area contributed by atoms with Crippen LogP contribution in [0.25, 0.3) is 6.08 Å². The number of ether oxygens (including phenoxy) is 3. The van der Waals surface area contributed by atoms with Gasteiger partial charge in [0.25, 0.3) is 5.56 Å². The number of thiazole rings is 1. The van der Waals surface area contributed by atoms with Crippen LogP contribution in [0.4, 0.5) is 4.39 Å². The van der Waals surface area contributed by atoms with E-state index < -0.39 is 17.8 Å². The smallest absolute Gasteiger partial charge is 0.338 e. The Morgan fingerprint density at radius 2 is 1.83 bits per heavy atom. The fraction of sp³-hybridized carbons (Fsp3) is 0.194. The summed E-state index contributed by atoms with van der Waals surface area (Å²) in [5.74, 6) is -0.0270. The van der Waals surface area contributed by atoms with Gasteiger partial charge < -0.3 is 14.2 Å². The summed E-state index contributed by atoms with van der Waals surface area (Å²) >= 11 is 13.3. The Morgan fingerprint density at radius 1 is 1.07 bits per heavy atom. The number of carbonyl (C=O) groups is 1. The lowest BCUT2D eigenvalue weighted by Crippen LogP contribution is -2.39. The fourth-order valence-electron chi connectivity index (χ4n) is 4.59. The van der Waals surface area contributed by atoms with Gasteiger partial charge in [-0.25, -0.2) is 14.2 Å². The fourth-order valence-corrected chi connectivity index (χ4v) is 5.95. The lowest BCUT2D eigenvalue weighted by atomic mass is 9.96. The average molecular weight is 628 g/mol. The summed E-state index contributed by atoms with van der Waals surface area (Å²) in [5, 5.41) is 0.900. The molecule has 0 unspecified atom stereocenters. The largest absolute Gasteiger partial charge is 0.493 e. The van der Waals surface area contributed by atoms with Crippen molar-refractivity contribution >= 4 is 46.6 Å². The lowest BCUT2D eigenvalue weighted by molar-refractivity contribution is -0.139. The Kier molecular flexibility index (Phi) is 8.82. The van der Waals surface area contributed by atoms with Crippen LogP contribution in [-0.4, -0.2) is 24.3 Å². The van der Waals surface area contributed by atoms with E-state index in [-0.39, 0.29) is 24.3 Å². The van der Waals surface area contributed by atoms with E-state index in [4.69, 9.17) is 37.4 Å². The van der Waals surface area contributed by atoms with Crippen LogP contribution >= 0.6 is 34.5 Å². The maximum atomic E-state index is 13.8. The lowest BCUT2D eigenvalue weighted by Gasteiger charge is -2.24. The zero-order valence-electron chi connectivity index (χ0n) is 22.8. The summed E-state index contributed by atoms with van der Waals surface area (Å²) in [4.78, 5) is 31.8. The van der Waals surface area contributed by atoms with Gasteiger partial charge in [-0.15, -0.1) is 0 Å². The Morgan fingerprint density at radius 3 is 2.52 bits per heavy atom. The first-order chi connectivity index (χ1) is 20.2. The van der Waals surface area contributed by atoms with Gasteiger partial charge in [0.2, 0.25) is 0 Å². The van der Waals surface area contributed by atoms with E-state index in [2.05, 4.69) is 4.99 Å². The number of nitrogens with zero attached hydrogens (tertiary/aromatic N) is 2. The number of aromatic nitrogens is 1. The number of rotatable bonds is 8. The summed E-state index contributed by atoms with van der Waals surface area (Å²) in [6.07, 6.45) is 1.72. The van der Waals surface area contributed by atoms with Gasteiger partial charge in [0.05, 0.1) is 45.6 Å². The predicted molar refractivity (Wildman–Crippen MR) is 161 cm³/mol. The molecule has 7 nitrogen and oxygen atoms in total. The van der Waals surface area contributed by atoms with Crippen molar-refractivity contribution in [1.82, 2.24) is 4.57 Å². The van der Waals surface area contributed by atoms with Gasteiger partial charge in [-0.1, -0.05) is 58.8 Å². The molecule has 2 heterocycles. The van der Waals surface area contributed by atoms with Crippen molar-refractivity contribution < 1.29 is 23.4 Å². The SMILES string of the molecule is CCOC(=O)C1=C(C)N=c2s/c(=C\c3ccc(OCc4ccc(Cl)c(Cl)c4)c(OC)c3)c(=O)n2[C@H]1c1ccc(F)cc1. The molecule has 0 spiro atoms. The second-order valence-corrected chi connectivity index (χ2v) is 11.1. The molecule has 3 aromatic carbocycles. The maximum Gasteiger partial charge on any atom is 0.338 e. The van der Waals surface area contributed by atoms with E-state index in [9.17, 15) is 14.0 Å². The molecular weight excluding hydrogens is 602 g/mol. The molecule has 0 saturated carbocycles. The standard InChI is InChI=1S/C31H25Cl2FN2O5S/c1-4-40-30(38)27-17(2)35-31-36(28(27)20-7-9-21(34)10-8-20)29(37)26(42-31)15-18-6-12-24(25(14-18)39-3)41-16-19-5-11-22(32)23(33)13-19/h5-15,28H,4,16H2,1-3H3/b26-15-/t28-/m0/s1. The molecular formula is C31H25Cl2FN2O5S. The Hall–Kier alpha value is -3.92. The first-order valence-corrected chi connectivity index (χ1v) is 14.5. The van der Waals surface area contributed by atoms with E-state index in [1.165, 1.54) is 35.1 Å². The van der Waals surface area contributed by atoms with E-state index >= 15 is 0 Å². The predicted octanol–water partition coefficient (Wildman–Crippen LogP) is 5.83. The molecule has 0 N–H and O–H groups in total. The van der Waals surface area contributed by atoms with E-state index in [1.54, 1.807) is 62.4 Å². The molecule has 1 atom stereocenters. The van der Waals surface area contributed by atoms with Crippen molar-refractivity contribution in [2.75, 3.05) is 13.7 Å². The Bertz CT molecular complexity index is 1880. The van der Waals surface area contributed by atoms with Gasteiger partial charge >= 0.3 is 5.97 Å².